The van der Waals surface area contributed by atoms with Gasteiger partial charge in [0.05, 0.1) is 72.7 Å². The number of carbonyl (C=O) groups is 3. The van der Waals surface area contributed by atoms with Crippen molar-refractivity contribution in [1.29, 1.82) is 0 Å². The Morgan fingerprint density at radius 2 is 0.935 bits per heavy atom. The molecule has 0 unspecified atom stereocenters. The maximum Gasteiger partial charge on any atom is 0.266 e. The largest absolute Gasteiger partial charge is 0.337 e. The number of tetrazole rings is 3. The number of aromatic nitrogens is 15. The van der Waals surface area contributed by atoms with Crippen molar-refractivity contribution in [3.8, 4) is 0 Å². The fourth-order valence-electron chi connectivity index (χ4n) is 11.7. The summed E-state index contributed by atoms with van der Waals surface area (Å²) >= 11 is 9.72. The van der Waals surface area contributed by atoms with Gasteiger partial charge in [0.2, 0.25) is 23.7 Å². The SMILES string of the molecule is CN1C(=O)C2(CN(c3nn[nH]n3)C2)c2c1cnc1cc(F)c(Br)cc21.CN1C(=O)C2(CN(c3nnn(C)n3)C2)c2c1cnc1cc(F)c(Br)cc21.CN1C(=O)C2(CN(c3nnnn3C)C2)c2c1cnc1cc(F)c(Br)cc21.[HH].[HH].[HH].[HH].[HH].[HH].[HH].[HH].[HH].[HH].[HH].[HH].[HH].[HH].[HH].[HH].[HH].[HH].[HH].[HH].[HH].[HH].[HH].[HH].[HH].[HH].[HH].[HH].[HH].[HH].[HH].[HH].[HH].[HH].[HH].[HH].[HH].[HH].[HH].[HH].[HH].[HH].[HH].[HH].[HH].[HH].[HH].[HH].[HH].[HH].[HH].[HH].[HH].[HH].[HH].[HH].[HH].[HH].[HH].[HH].[HH].[HH].[HH].[HH].[HH]. The fraction of sp³-hybridized carbons (Fsp3) is 0.298. The van der Waals surface area contributed by atoms with Crippen LogP contribution in [0.1, 0.15) is 109 Å². The molecule has 0 radical (unpaired) electrons. The highest BCUT2D eigenvalue weighted by atomic mass is 79.9. The van der Waals surface area contributed by atoms with E-state index in [0.29, 0.717) is 87.1 Å². The first-order chi connectivity index (χ1) is 36.8. The number of nitrogens with zero attached hydrogens (tertiary/aromatic N) is 20. The number of aryl methyl sites for hydroxylation is 2. The van der Waals surface area contributed by atoms with Gasteiger partial charge < -0.3 is 29.4 Å². The summed E-state index contributed by atoms with van der Waals surface area (Å²) in [6.07, 6.45) is 4.92. The van der Waals surface area contributed by atoms with Crippen molar-refractivity contribution >= 4 is 133 Å². The van der Waals surface area contributed by atoms with Crippen molar-refractivity contribution in [2.45, 2.75) is 16.2 Å². The van der Waals surface area contributed by atoms with Crippen molar-refractivity contribution in [2.24, 2.45) is 14.1 Å². The molecule has 520 valence electrons. The highest BCUT2D eigenvalue weighted by Crippen LogP contribution is 2.53. The van der Waals surface area contributed by atoms with Gasteiger partial charge in [-0.1, -0.05) is 15.3 Å². The van der Waals surface area contributed by atoms with Crippen LogP contribution in [0.2, 0.25) is 0 Å². The third-order valence-electron chi connectivity index (χ3n) is 15.4. The minimum Gasteiger partial charge on any atom is -0.337 e. The summed E-state index contributed by atoms with van der Waals surface area (Å²) in [5, 5.41) is 39.8. The number of rotatable bonds is 3. The van der Waals surface area contributed by atoms with Crippen molar-refractivity contribution < 1.29 is 120 Å². The molecule has 30 heteroatoms. The molecule has 3 spiro atoms. The van der Waals surface area contributed by atoms with Crippen molar-refractivity contribution in [3.63, 3.8) is 0 Å². The predicted molar refractivity (Wildman–Crippen MR) is 419 cm³/mol. The van der Waals surface area contributed by atoms with Gasteiger partial charge in [0.1, 0.15) is 33.7 Å². The van der Waals surface area contributed by atoms with Crippen LogP contribution in [0.15, 0.2) is 68.4 Å². The third-order valence-corrected chi connectivity index (χ3v) is 17.2. The second kappa shape index (κ2) is 17.1. The fourth-order valence-corrected chi connectivity index (χ4v) is 12.7. The molecule has 0 aliphatic carbocycles. The van der Waals surface area contributed by atoms with Gasteiger partial charge in [0.15, 0.2) is 0 Å². The second-order valence-electron chi connectivity index (χ2n) is 19.7. The van der Waals surface area contributed by atoms with Crippen molar-refractivity contribution in [1.82, 2.24) is 76.0 Å². The number of aromatic amines is 1. The lowest BCUT2D eigenvalue weighted by atomic mass is 9.73. The summed E-state index contributed by atoms with van der Waals surface area (Å²) in [6.45, 7) is 2.70. The number of carbonyl (C=O) groups excluding carboxylic acids is 3. The van der Waals surface area contributed by atoms with Gasteiger partial charge in [-0.05, 0) is 86.8 Å². The van der Waals surface area contributed by atoms with Gasteiger partial charge in [-0.3, -0.25) is 29.3 Å². The summed E-state index contributed by atoms with van der Waals surface area (Å²) < 4.78 is 44.4. The van der Waals surface area contributed by atoms with Crippen LogP contribution in [0, 0.1) is 17.5 Å². The number of anilines is 6. The summed E-state index contributed by atoms with van der Waals surface area (Å²) in [5.74, 6) is 0.437. The quantitative estimate of drug-likeness (QED) is 0.173. The standard InChI is InChI=1S/2C16H13BrFN7O.C15H11BrFN7O.65H2/c1-23-12-5-19-11-4-10(18)9(17)3-8(11)13(12)16(14(23)26)6-25(7-16)15-20-21-22-24(15)2;1-23-12-5-19-11-4-10(18)9(17)3-8(11)13(12)16(14(23)26)6-25(7-16)15-20-22-24(2)21-15;1-23-11-4-18-10-3-9(17)8(16)2-7(10)12(11)15(13(23)25)5-24(6-15)14-19-21-22-20-14;;;;;;;;;;;;;;;;;;;;;;;;;;;;;;;;;;;;;;;;;;;;;;;;;;;;;;;;;;;;;;;;;/h2*3-5H,6-7H2,1-2H3;2-4H,5-6H2,1H3,(H,19,20,21,22);65*1H. The first kappa shape index (κ1) is 48.8. The molecule has 6 aliphatic heterocycles. The molecule has 12 heterocycles. The Bertz CT molecular complexity index is 4170. The molecule has 3 fully saturated rings. The first-order valence-electron chi connectivity index (χ1n) is 23.5. The Morgan fingerprint density at radius 1 is 0.532 bits per heavy atom. The van der Waals surface area contributed by atoms with Crippen molar-refractivity contribution in [2.75, 3.05) is 89.8 Å². The van der Waals surface area contributed by atoms with Crippen LogP contribution in [-0.2, 0) is 44.7 Å². The van der Waals surface area contributed by atoms with E-state index in [1.54, 1.807) is 91.4 Å². The van der Waals surface area contributed by atoms with Gasteiger partial charge in [-0.15, -0.1) is 10.2 Å². The monoisotopic (exact) mass is 1370 g/mol. The number of likely N-dealkylation sites (N-methyl/N-ethyl adjacent to an activating group) is 3. The van der Waals surface area contributed by atoms with Crippen LogP contribution in [0.3, 0.4) is 0 Å². The maximum absolute atomic E-state index is 13.9. The van der Waals surface area contributed by atoms with Gasteiger partial charge in [0, 0.05) is 211 Å². The van der Waals surface area contributed by atoms with Crippen LogP contribution < -0.4 is 29.4 Å². The molecule has 0 bridgehead atoms. The van der Waals surface area contributed by atoms with E-state index in [1.165, 1.54) is 23.0 Å². The molecular formula is C47H167Br3F3N21O3. The zero-order valence-corrected chi connectivity index (χ0v) is 45.6. The number of benzene rings is 3. The van der Waals surface area contributed by atoms with E-state index < -0.39 is 16.2 Å². The number of nitrogens with one attached hydrogen (secondary N) is 1. The zero-order valence-electron chi connectivity index (χ0n) is 40.9. The van der Waals surface area contributed by atoms with Crippen LogP contribution >= 0.6 is 47.8 Å². The summed E-state index contributed by atoms with van der Waals surface area (Å²) in [5.41, 5.74) is 4.41. The molecule has 1 N–H and O–H groups in total. The Kier molecular flexibility index (Phi) is 10.8. The normalized spacial score (nSPS) is 18.0. The molecule has 0 atom stereocenters. The Labute approximate surface area is 553 Å². The molecule has 0 saturated carbocycles. The second-order valence-corrected chi connectivity index (χ2v) is 22.3. The average Bonchev–Trinajstić information content (AvgIpc) is 1.54. The van der Waals surface area contributed by atoms with E-state index in [1.807, 2.05) is 14.7 Å². The minimum absolute atomic E-state index is 0. The van der Waals surface area contributed by atoms with Crippen LogP contribution in [0.25, 0.3) is 32.7 Å². The molecular weight excluding hydrogens is 1200 g/mol. The Balaban J connectivity index is -0.0000000134. The summed E-state index contributed by atoms with van der Waals surface area (Å²) in [4.78, 5) is 64.2. The number of pyridine rings is 3. The Hall–Kier alpha value is -7.86. The van der Waals surface area contributed by atoms with Gasteiger partial charge in [-0.2, -0.15) is 10.0 Å². The number of hydrogen-bond donors (Lipinski definition) is 1. The zero-order chi connectivity index (χ0) is 53.8. The van der Waals surface area contributed by atoms with E-state index in [-0.39, 0.29) is 128 Å². The molecule has 3 amide bonds. The maximum atomic E-state index is 13.9. The lowest BCUT2D eigenvalue weighted by Gasteiger charge is -2.46. The minimum atomic E-state index is -0.707. The van der Waals surface area contributed by atoms with Crippen molar-refractivity contribution in [3.05, 3.63) is 103 Å². The lowest BCUT2D eigenvalue weighted by molar-refractivity contribution is -0.124. The molecule has 6 aliphatic rings. The van der Waals surface area contributed by atoms with E-state index in [4.69, 9.17) is 0 Å². The van der Waals surface area contributed by atoms with Gasteiger partial charge in [0.25, 0.3) is 11.9 Å². The average molecular weight is 1370 g/mol. The first-order valence-corrected chi connectivity index (χ1v) is 25.9. The highest BCUT2D eigenvalue weighted by Gasteiger charge is 2.61. The molecule has 15 rings (SSSR count). The van der Waals surface area contributed by atoms with E-state index in [2.05, 4.69) is 114 Å². The van der Waals surface area contributed by atoms with Gasteiger partial charge >= 0.3 is 0 Å². The van der Waals surface area contributed by atoms with E-state index in [9.17, 15) is 27.6 Å². The van der Waals surface area contributed by atoms with E-state index >= 15 is 0 Å². The molecule has 9 aromatic rings. The molecule has 6 aromatic heterocycles. The van der Waals surface area contributed by atoms with Crippen LogP contribution in [0.4, 0.5) is 48.1 Å². The summed E-state index contributed by atoms with van der Waals surface area (Å²) in [6, 6.07) is 9.26. The third kappa shape index (κ3) is 6.95. The van der Waals surface area contributed by atoms with E-state index in [0.717, 1.165) is 49.9 Å². The summed E-state index contributed by atoms with van der Waals surface area (Å²) in [7, 11) is 8.68. The predicted octanol–water partition coefficient (Wildman–Crippen LogP) is 20.2. The number of halogens is 6. The molecule has 24 nitrogen and oxygen atoms in total. The number of fused-ring (bicyclic) bond motifs is 12. The number of hydrogen-bond acceptors (Lipinski definition) is 18. The molecule has 77 heavy (non-hydrogen) atoms. The highest BCUT2D eigenvalue weighted by molar-refractivity contribution is 9.11. The van der Waals surface area contributed by atoms with Crippen LogP contribution in [-0.4, -0.2) is 154 Å². The molecule has 3 aromatic carbocycles. The smallest absolute Gasteiger partial charge is 0.266 e. The topological polar surface area (TPSA) is 251 Å². The Morgan fingerprint density at radius 3 is 1.29 bits per heavy atom. The number of H-pyrrole nitrogens is 1. The van der Waals surface area contributed by atoms with Crippen LogP contribution in [0.5, 0.6) is 0 Å². The molecule has 3 saturated heterocycles. The lowest BCUT2D eigenvalue weighted by Crippen LogP contribution is -2.64. The van der Waals surface area contributed by atoms with Gasteiger partial charge in [-0.25, -0.2) is 17.9 Å². The number of amides is 3.